The molecule has 4 aromatic rings. The number of hydrogen-bond acceptors (Lipinski definition) is 5. The molecule has 0 atom stereocenters. The van der Waals surface area contributed by atoms with Crippen molar-refractivity contribution < 1.29 is 9.53 Å². The summed E-state index contributed by atoms with van der Waals surface area (Å²) in [6, 6.07) is 22.2. The number of ether oxygens (including phenoxy) is 1. The van der Waals surface area contributed by atoms with Gasteiger partial charge in [0, 0.05) is 21.4 Å². The summed E-state index contributed by atoms with van der Waals surface area (Å²) >= 11 is 13.3. The SMILES string of the molecule is Cc1cc(OCc2nnc(SCC(=O)Nc3ccc(Cl)cc3)n2-c2ccccc2)ccc1Cl. The Bertz CT molecular complexity index is 1250. The zero-order valence-electron chi connectivity index (χ0n) is 17.7. The quantitative estimate of drug-likeness (QED) is 0.293. The van der Waals surface area contributed by atoms with Crippen LogP contribution in [0.4, 0.5) is 5.69 Å². The monoisotopic (exact) mass is 498 g/mol. The van der Waals surface area contributed by atoms with Crippen LogP contribution in [0, 0.1) is 6.92 Å². The maximum absolute atomic E-state index is 12.4. The van der Waals surface area contributed by atoms with Crippen LogP contribution in [0.25, 0.3) is 5.69 Å². The summed E-state index contributed by atoms with van der Waals surface area (Å²) in [7, 11) is 0. The van der Waals surface area contributed by atoms with Crippen LogP contribution < -0.4 is 10.1 Å². The Labute approximate surface area is 205 Å². The third kappa shape index (κ3) is 6.07. The normalized spacial score (nSPS) is 10.8. The predicted octanol–water partition coefficient (Wildman–Crippen LogP) is 6.19. The second-order valence-electron chi connectivity index (χ2n) is 7.11. The molecule has 1 aromatic heterocycles. The highest BCUT2D eigenvalue weighted by molar-refractivity contribution is 7.99. The van der Waals surface area contributed by atoms with Crippen LogP contribution in [0.3, 0.4) is 0 Å². The zero-order chi connectivity index (χ0) is 23.2. The molecule has 0 unspecified atom stereocenters. The minimum absolute atomic E-state index is 0.153. The molecule has 3 aromatic carbocycles. The number of aromatic nitrogens is 3. The fourth-order valence-corrected chi connectivity index (χ4v) is 4.05. The van der Waals surface area contributed by atoms with E-state index >= 15 is 0 Å². The highest BCUT2D eigenvalue weighted by Gasteiger charge is 2.17. The molecule has 1 N–H and O–H groups in total. The molecule has 0 fully saturated rings. The Hall–Kier alpha value is -3.00. The smallest absolute Gasteiger partial charge is 0.234 e. The number of carbonyl (C=O) groups excluding carboxylic acids is 1. The molecular formula is C24H20Cl2N4O2S. The molecule has 0 saturated heterocycles. The highest BCUT2D eigenvalue weighted by atomic mass is 35.5. The topological polar surface area (TPSA) is 69.0 Å². The van der Waals surface area contributed by atoms with Crippen LogP contribution in [0.1, 0.15) is 11.4 Å². The molecule has 0 bridgehead atoms. The minimum Gasteiger partial charge on any atom is -0.486 e. The van der Waals surface area contributed by atoms with Gasteiger partial charge in [-0.25, -0.2) is 0 Å². The van der Waals surface area contributed by atoms with Gasteiger partial charge in [-0.15, -0.1) is 10.2 Å². The number of rotatable bonds is 8. The Balaban J connectivity index is 1.49. The molecule has 0 aliphatic rings. The molecule has 33 heavy (non-hydrogen) atoms. The van der Waals surface area contributed by atoms with E-state index < -0.39 is 0 Å². The summed E-state index contributed by atoms with van der Waals surface area (Å²) in [6.45, 7) is 2.13. The minimum atomic E-state index is -0.153. The van der Waals surface area contributed by atoms with Gasteiger partial charge in [0.25, 0.3) is 0 Å². The van der Waals surface area contributed by atoms with Gasteiger partial charge in [0.15, 0.2) is 11.0 Å². The van der Waals surface area contributed by atoms with Crippen molar-refractivity contribution in [3.63, 3.8) is 0 Å². The first-order valence-corrected chi connectivity index (χ1v) is 11.8. The fourth-order valence-electron chi connectivity index (χ4n) is 3.04. The van der Waals surface area contributed by atoms with Crippen molar-refractivity contribution in [1.82, 2.24) is 14.8 Å². The summed E-state index contributed by atoms with van der Waals surface area (Å²) in [5.41, 5.74) is 2.50. The number of amides is 1. The first-order valence-electron chi connectivity index (χ1n) is 10.1. The highest BCUT2D eigenvalue weighted by Crippen LogP contribution is 2.25. The lowest BCUT2D eigenvalue weighted by Crippen LogP contribution is -2.14. The van der Waals surface area contributed by atoms with Crippen LogP contribution in [0.2, 0.25) is 10.0 Å². The van der Waals surface area contributed by atoms with E-state index in [1.54, 1.807) is 30.3 Å². The molecular weight excluding hydrogens is 479 g/mol. The van der Waals surface area contributed by atoms with Gasteiger partial charge in [0.1, 0.15) is 12.4 Å². The van der Waals surface area contributed by atoms with Crippen molar-refractivity contribution in [3.8, 4) is 11.4 Å². The summed E-state index contributed by atoms with van der Waals surface area (Å²) < 4.78 is 7.83. The van der Waals surface area contributed by atoms with E-state index in [-0.39, 0.29) is 18.3 Å². The van der Waals surface area contributed by atoms with Gasteiger partial charge >= 0.3 is 0 Å². The number of nitrogens with one attached hydrogen (secondary N) is 1. The second-order valence-corrected chi connectivity index (χ2v) is 8.90. The van der Waals surface area contributed by atoms with Crippen LogP contribution >= 0.6 is 35.0 Å². The molecule has 0 radical (unpaired) electrons. The molecule has 1 amide bonds. The van der Waals surface area contributed by atoms with Gasteiger partial charge in [-0.1, -0.05) is 53.2 Å². The van der Waals surface area contributed by atoms with E-state index in [0.29, 0.717) is 32.5 Å². The number of anilines is 1. The molecule has 0 saturated carbocycles. The van der Waals surface area contributed by atoms with E-state index in [9.17, 15) is 4.79 Å². The van der Waals surface area contributed by atoms with Crippen molar-refractivity contribution in [3.05, 3.63) is 94.2 Å². The van der Waals surface area contributed by atoms with Gasteiger partial charge in [-0.3, -0.25) is 9.36 Å². The average Bonchev–Trinajstić information content (AvgIpc) is 3.23. The van der Waals surface area contributed by atoms with Gasteiger partial charge in [-0.2, -0.15) is 0 Å². The number of halogens is 2. The van der Waals surface area contributed by atoms with Crippen molar-refractivity contribution in [2.24, 2.45) is 0 Å². The lowest BCUT2D eigenvalue weighted by Gasteiger charge is -2.12. The van der Waals surface area contributed by atoms with Gasteiger partial charge in [0.05, 0.1) is 5.75 Å². The van der Waals surface area contributed by atoms with E-state index in [0.717, 1.165) is 11.3 Å². The molecule has 168 valence electrons. The number of para-hydroxylation sites is 1. The van der Waals surface area contributed by atoms with E-state index in [1.807, 2.05) is 54.0 Å². The van der Waals surface area contributed by atoms with Crippen molar-refractivity contribution in [2.75, 3.05) is 11.1 Å². The van der Waals surface area contributed by atoms with Crippen molar-refractivity contribution >= 4 is 46.6 Å². The lowest BCUT2D eigenvalue weighted by atomic mass is 10.2. The maximum Gasteiger partial charge on any atom is 0.234 e. The Morgan fingerprint density at radius 3 is 2.52 bits per heavy atom. The average molecular weight is 499 g/mol. The summed E-state index contributed by atoms with van der Waals surface area (Å²) in [5.74, 6) is 1.33. The van der Waals surface area contributed by atoms with Crippen molar-refractivity contribution in [2.45, 2.75) is 18.7 Å². The van der Waals surface area contributed by atoms with Gasteiger partial charge < -0.3 is 10.1 Å². The first kappa shape index (κ1) is 23.2. The Morgan fingerprint density at radius 1 is 1.03 bits per heavy atom. The first-order chi connectivity index (χ1) is 16.0. The van der Waals surface area contributed by atoms with Crippen LogP contribution in [-0.2, 0) is 11.4 Å². The van der Waals surface area contributed by atoms with Gasteiger partial charge in [0.2, 0.25) is 5.91 Å². The molecule has 0 aliphatic heterocycles. The Morgan fingerprint density at radius 2 is 1.79 bits per heavy atom. The van der Waals surface area contributed by atoms with Gasteiger partial charge in [-0.05, 0) is 67.1 Å². The van der Waals surface area contributed by atoms with Crippen molar-refractivity contribution in [1.29, 1.82) is 0 Å². The zero-order valence-corrected chi connectivity index (χ0v) is 20.0. The molecule has 4 rings (SSSR count). The number of benzene rings is 3. The molecule has 0 spiro atoms. The van der Waals surface area contributed by atoms with Crippen LogP contribution in [0.5, 0.6) is 5.75 Å². The molecule has 9 heteroatoms. The number of thioether (sulfide) groups is 1. The molecule has 1 heterocycles. The Kier molecular flexibility index (Phi) is 7.54. The van der Waals surface area contributed by atoms with Crippen LogP contribution in [0.15, 0.2) is 78.0 Å². The second kappa shape index (κ2) is 10.7. The molecule has 0 aliphatic carbocycles. The summed E-state index contributed by atoms with van der Waals surface area (Å²) in [6.07, 6.45) is 0. The van der Waals surface area contributed by atoms with E-state index in [1.165, 1.54) is 11.8 Å². The van der Waals surface area contributed by atoms with E-state index in [2.05, 4.69) is 15.5 Å². The predicted molar refractivity (Wildman–Crippen MR) is 133 cm³/mol. The lowest BCUT2D eigenvalue weighted by molar-refractivity contribution is -0.113. The number of nitrogens with zero attached hydrogens (tertiary/aromatic N) is 3. The summed E-state index contributed by atoms with van der Waals surface area (Å²) in [5, 5.41) is 13.4. The number of carbonyl (C=O) groups is 1. The standard InChI is InChI=1S/C24H20Cl2N4O2S/c1-16-13-20(11-12-21(16)26)32-14-22-28-29-24(30(22)19-5-3-2-4-6-19)33-15-23(31)27-18-9-7-17(25)8-10-18/h2-13H,14-15H2,1H3,(H,27,31). The fraction of sp³-hybridized carbons (Fsp3) is 0.125. The third-order valence-corrected chi connectivity index (χ3v) is 6.28. The largest absolute Gasteiger partial charge is 0.486 e. The molecule has 6 nitrogen and oxygen atoms in total. The number of aryl methyl sites for hydroxylation is 1. The number of hydrogen-bond donors (Lipinski definition) is 1. The third-order valence-electron chi connectivity index (χ3n) is 4.67. The van der Waals surface area contributed by atoms with Crippen LogP contribution in [-0.4, -0.2) is 26.4 Å². The summed E-state index contributed by atoms with van der Waals surface area (Å²) in [4.78, 5) is 12.4. The maximum atomic E-state index is 12.4. The van der Waals surface area contributed by atoms with E-state index in [4.69, 9.17) is 27.9 Å².